The highest BCUT2D eigenvalue weighted by molar-refractivity contribution is 5.99. The molecule has 0 radical (unpaired) electrons. The molecule has 0 spiro atoms. The highest BCUT2D eigenvalue weighted by Gasteiger charge is 2.62. The van der Waals surface area contributed by atoms with E-state index in [0.29, 0.717) is 18.5 Å². The first kappa shape index (κ1) is 44.8. The second kappa shape index (κ2) is 17.6. The number of carbonyl (C=O) groups excluding carboxylic acids is 5. The predicted molar refractivity (Wildman–Crippen MR) is 239 cm³/mol. The van der Waals surface area contributed by atoms with Crippen LogP contribution in [0.5, 0.6) is 0 Å². The van der Waals surface area contributed by atoms with Gasteiger partial charge in [-0.2, -0.15) is 0 Å². The molecule has 8 atom stereocenters. The van der Waals surface area contributed by atoms with Crippen molar-refractivity contribution >= 4 is 51.3 Å². The van der Waals surface area contributed by atoms with Gasteiger partial charge in [-0.15, -0.1) is 0 Å². The number of hydrazine groups is 1. The number of aromatic amines is 2. The highest BCUT2D eigenvalue weighted by Crippen LogP contribution is 2.53. The zero-order valence-corrected chi connectivity index (χ0v) is 36.5. The number of urea groups is 1. The van der Waals surface area contributed by atoms with Crippen LogP contribution in [-0.4, -0.2) is 115 Å². The maximum atomic E-state index is 14.6. The van der Waals surface area contributed by atoms with Crippen LogP contribution in [0.1, 0.15) is 63.8 Å². The lowest BCUT2D eigenvalue weighted by molar-refractivity contribution is -0.159. The average Bonchev–Trinajstić information content (AvgIpc) is 3.50. The summed E-state index contributed by atoms with van der Waals surface area (Å²) in [4.78, 5) is 100. The van der Waals surface area contributed by atoms with Gasteiger partial charge in [0.15, 0.2) is 6.23 Å². The van der Waals surface area contributed by atoms with Crippen LogP contribution in [0.2, 0.25) is 0 Å². The summed E-state index contributed by atoms with van der Waals surface area (Å²) in [6.45, 7) is 7.15. The van der Waals surface area contributed by atoms with Crippen LogP contribution < -0.4 is 38.2 Å². The Morgan fingerprint density at radius 3 is 2.48 bits per heavy atom. The minimum atomic E-state index is -1.34. The number of ether oxygens (including phenoxy) is 1. The number of para-hydroxylation sites is 1. The summed E-state index contributed by atoms with van der Waals surface area (Å²) in [7, 11) is 0. The third kappa shape index (κ3) is 9.11. The molecule has 2 aromatic heterocycles. The molecular weight excluding hydrogens is 837 g/mol. The quantitative estimate of drug-likeness (QED) is 0.0839. The number of nitrogens with zero attached hydrogens (tertiary/aromatic N) is 3. The van der Waals surface area contributed by atoms with Gasteiger partial charge in [0, 0.05) is 54.7 Å². The normalized spacial score (nSPS) is 24.6. The lowest BCUT2D eigenvalue weighted by Gasteiger charge is -2.31. The standard InChI is InChI=1S/C46H54N10O9/c1-25-38(40(61)55(56(25)37(59)21-47)23-29-19-35(57)41(65-29)54-16-15-36(58)51-44(54)64)52-39(60)34(18-26-13-14-27-9-5-6-10-28(27)17-26)50-43(63)53-46(42(62)49-24-45(2,3)4)20-32(46)31-22-48-33-12-8-7-11-30(31)33/h5-17,22,25,29,32,34-35,38,41,48,57H,18-21,23-24,47H2,1-4H3,(H,49,62)(H,52,60)(H2,50,53,63)(H,51,58,64)/t25-,29+,32?,34-,35+,38-,41+,46?/m0/s1. The average molecular weight is 891 g/mol. The number of aromatic nitrogens is 3. The summed E-state index contributed by atoms with van der Waals surface area (Å²) in [6.07, 6.45) is -0.00782. The number of carbonyl (C=O) groups is 5. The summed E-state index contributed by atoms with van der Waals surface area (Å²) < 4.78 is 7.01. The van der Waals surface area contributed by atoms with Gasteiger partial charge in [-0.3, -0.25) is 33.5 Å². The summed E-state index contributed by atoms with van der Waals surface area (Å²) in [5.41, 5.74) is 5.22. The zero-order valence-electron chi connectivity index (χ0n) is 36.5. The Balaban J connectivity index is 1.04. The van der Waals surface area contributed by atoms with E-state index in [-0.39, 0.29) is 36.6 Å². The van der Waals surface area contributed by atoms with E-state index in [0.717, 1.165) is 47.9 Å². The molecule has 3 fully saturated rings. The van der Waals surface area contributed by atoms with Crippen molar-refractivity contribution < 1.29 is 33.8 Å². The van der Waals surface area contributed by atoms with Gasteiger partial charge >= 0.3 is 11.7 Å². The molecule has 4 heterocycles. The van der Waals surface area contributed by atoms with Crippen LogP contribution in [-0.2, 0) is 30.3 Å². The predicted octanol–water partition coefficient (Wildman–Crippen LogP) is 1.24. The summed E-state index contributed by atoms with van der Waals surface area (Å²) in [5, 5.41) is 27.5. The number of aliphatic hydroxyl groups is 1. The molecule has 1 aliphatic carbocycles. The molecule has 1 saturated carbocycles. The number of hydrogen-bond acceptors (Lipinski definition) is 10. The van der Waals surface area contributed by atoms with Gasteiger partial charge < -0.3 is 41.8 Å². The second-order valence-corrected chi connectivity index (χ2v) is 18.4. The molecule has 65 heavy (non-hydrogen) atoms. The summed E-state index contributed by atoms with van der Waals surface area (Å²) in [6, 6.07) is 17.8. The summed E-state index contributed by atoms with van der Waals surface area (Å²) in [5.74, 6) is -2.80. The van der Waals surface area contributed by atoms with E-state index >= 15 is 0 Å². The van der Waals surface area contributed by atoms with Gasteiger partial charge in [-0.25, -0.2) is 19.6 Å². The van der Waals surface area contributed by atoms with Gasteiger partial charge in [-0.1, -0.05) is 81.4 Å². The molecule has 8 rings (SSSR count). The molecular formula is C46H54N10O9. The van der Waals surface area contributed by atoms with E-state index in [4.69, 9.17) is 10.5 Å². The number of amides is 6. The van der Waals surface area contributed by atoms with Crippen molar-refractivity contribution in [2.75, 3.05) is 19.6 Å². The molecule has 2 unspecified atom stereocenters. The molecule has 3 aliphatic rings. The number of nitrogens with one attached hydrogen (secondary N) is 6. The van der Waals surface area contributed by atoms with Gasteiger partial charge in [0.05, 0.1) is 25.2 Å². The van der Waals surface area contributed by atoms with Crippen molar-refractivity contribution in [1.29, 1.82) is 0 Å². The van der Waals surface area contributed by atoms with Gasteiger partial charge in [0.25, 0.3) is 17.4 Å². The van der Waals surface area contributed by atoms with Crippen molar-refractivity contribution in [3.63, 3.8) is 0 Å². The fourth-order valence-corrected chi connectivity index (χ4v) is 9.00. The van der Waals surface area contributed by atoms with Crippen molar-refractivity contribution in [3.8, 4) is 0 Å². The SMILES string of the molecule is C[C@H]1[C@H](NC(=O)[C@H](Cc2ccc3ccccc3c2)NC(=O)NC2(C(=O)NCC(C)(C)C)CC2c2c[nH]c3ccccc23)C(=O)N(C[C@H]2C[C@@H](O)[C@H](n3ccc(=O)[nH]c3=O)O2)N1C(=O)CN. The topological polar surface area (TPSA) is 266 Å². The zero-order chi connectivity index (χ0) is 46.4. The Morgan fingerprint density at radius 2 is 1.74 bits per heavy atom. The number of aliphatic hydroxyl groups excluding tert-OH is 1. The van der Waals surface area contributed by atoms with Crippen molar-refractivity contribution in [2.24, 2.45) is 11.1 Å². The van der Waals surface area contributed by atoms with Crippen LogP contribution in [0.4, 0.5) is 4.79 Å². The van der Waals surface area contributed by atoms with E-state index in [1.807, 2.05) is 93.7 Å². The van der Waals surface area contributed by atoms with E-state index in [2.05, 4.69) is 31.2 Å². The maximum absolute atomic E-state index is 14.6. The van der Waals surface area contributed by atoms with Crippen LogP contribution in [0.15, 0.2) is 94.8 Å². The van der Waals surface area contributed by atoms with E-state index in [9.17, 15) is 38.7 Å². The van der Waals surface area contributed by atoms with Crippen molar-refractivity contribution in [1.82, 2.24) is 45.8 Å². The van der Waals surface area contributed by atoms with Gasteiger partial charge in [0.2, 0.25) is 11.8 Å². The minimum Gasteiger partial charge on any atom is -0.388 e. The van der Waals surface area contributed by atoms with E-state index in [1.165, 1.54) is 6.20 Å². The molecule has 6 amide bonds. The van der Waals surface area contributed by atoms with E-state index < -0.39 is 83.6 Å². The number of rotatable bonds is 13. The fourth-order valence-electron chi connectivity index (χ4n) is 9.00. The fraction of sp³-hybridized carbons (Fsp3) is 0.413. The first-order chi connectivity index (χ1) is 31.0. The molecule has 0 bridgehead atoms. The molecule has 19 heteroatoms. The Hall–Kier alpha value is -6.83. The molecule has 342 valence electrons. The smallest absolute Gasteiger partial charge is 0.330 e. The van der Waals surface area contributed by atoms with Crippen LogP contribution in [0.25, 0.3) is 21.7 Å². The number of fused-ring (bicyclic) bond motifs is 2. The van der Waals surface area contributed by atoms with Gasteiger partial charge in [0.1, 0.15) is 23.7 Å². The van der Waals surface area contributed by atoms with Gasteiger partial charge in [-0.05, 0) is 46.7 Å². The number of benzene rings is 3. The molecule has 5 aromatic rings. The number of H-pyrrole nitrogens is 2. The lowest BCUT2D eigenvalue weighted by Crippen LogP contribution is -2.59. The number of hydrogen-bond donors (Lipinski definition) is 8. The minimum absolute atomic E-state index is 0.0110. The van der Waals surface area contributed by atoms with Crippen LogP contribution in [0, 0.1) is 5.41 Å². The first-order valence-corrected chi connectivity index (χ1v) is 21.7. The molecule has 9 N–H and O–H groups in total. The monoisotopic (exact) mass is 890 g/mol. The van der Waals surface area contributed by atoms with Crippen molar-refractivity contribution in [2.45, 2.75) is 95.0 Å². The lowest BCUT2D eigenvalue weighted by atomic mass is 9.96. The highest BCUT2D eigenvalue weighted by atomic mass is 16.5. The molecule has 2 saturated heterocycles. The van der Waals surface area contributed by atoms with E-state index in [1.54, 1.807) is 6.92 Å². The van der Waals surface area contributed by atoms with Crippen molar-refractivity contribution in [3.05, 3.63) is 117 Å². The maximum Gasteiger partial charge on any atom is 0.330 e. The van der Waals surface area contributed by atoms with Crippen LogP contribution >= 0.6 is 0 Å². The summed E-state index contributed by atoms with van der Waals surface area (Å²) >= 11 is 0. The largest absolute Gasteiger partial charge is 0.388 e. The molecule has 19 nitrogen and oxygen atoms in total. The van der Waals surface area contributed by atoms with Crippen LogP contribution in [0.3, 0.4) is 0 Å². The number of nitrogens with two attached hydrogens (primary N) is 1. The Bertz CT molecular complexity index is 2780. The first-order valence-electron chi connectivity index (χ1n) is 21.7. The molecule has 2 aliphatic heterocycles. The third-order valence-electron chi connectivity index (χ3n) is 12.4. The third-order valence-corrected chi connectivity index (χ3v) is 12.4. The molecule has 3 aromatic carbocycles. The Kier molecular flexibility index (Phi) is 12.1. The second-order valence-electron chi connectivity index (χ2n) is 18.4. The Morgan fingerprint density at radius 1 is 1.00 bits per heavy atom. The Labute approximate surface area is 373 Å².